The van der Waals surface area contributed by atoms with Gasteiger partial charge < -0.3 is 9.67 Å². The van der Waals surface area contributed by atoms with E-state index in [0.29, 0.717) is 11.4 Å². The molecular weight excluding hydrogens is 375 g/mol. The smallest absolute Gasteiger partial charge is 0.111 e. The van der Waals surface area contributed by atoms with Crippen LogP contribution in [0.3, 0.4) is 0 Å². The van der Waals surface area contributed by atoms with Gasteiger partial charge in [-0.1, -0.05) is 24.6 Å². The summed E-state index contributed by atoms with van der Waals surface area (Å²) in [6, 6.07) is 5.65. The summed E-state index contributed by atoms with van der Waals surface area (Å²) in [5.41, 5.74) is 0.830. The van der Waals surface area contributed by atoms with E-state index in [2.05, 4.69) is 39.1 Å². The Balaban J connectivity index is 2.13. The second kappa shape index (κ2) is 6.72. The molecule has 102 valence electrons. The van der Waals surface area contributed by atoms with Gasteiger partial charge in [-0.3, -0.25) is 0 Å². The Morgan fingerprint density at radius 2 is 2.26 bits per heavy atom. The van der Waals surface area contributed by atoms with Crippen molar-refractivity contribution in [2.24, 2.45) is 0 Å². The zero-order chi connectivity index (χ0) is 13.8. The predicted molar refractivity (Wildman–Crippen MR) is 85.4 cm³/mol. The molecule has 0 aliphatic carbocycles. The molecule has 0 saturated heterocycles. The van der Waals surface area contributed by atoms with Crippen molar-refractivity contribution in [2.45, 2.75) is 32.4 Å². The van der Waals surface area contributed by atoms with Crippen LogP contribution in [0.2, 0.25) is 5.02 Å². The minimum atomic E-state index is -0.576. The fourth-order valence-electron chi connectivity index (χ4n) is 1.98. The van der Waals surface area contributed by atoms with Crippen LogP contribution in [0.25, 0.3) is 0 Å². The number of imidazole rings is 1. The van der Waals surface area contributed by atoms with E-state index in [1.807, 2.05) is 24.4 Å². The van der Waals surface area contributed by atoms with Crippen molar-refractivity contribution in [1.82, 2.24) is 9.55 Å². The number of aryl methyl sites for hydroxylation is 1. The highest BCUT2D eigenvalue weighted by molar-refractivity contribution is 14.1. The Kier molecular flexibility index (Phi) is 5.24. The average Bonchev–Trinajstić information content (AvgIpc) is 2.80. The number of halogens is 2. The summed E-state index contributed by atoms with van der Waals surface area (Å²) in [6.07, 6.45) is 4.71. The molecule has 3 nitrogen and oxygen atoms in total. The first-order valence-corrected chi connectivity index (χ1v) is 7.70. The number of hydrogen-bond donors (Lipinski definition) is 1. The minimum Gasteiger partial charge on any atom is -0.388 e. The molecule has 1 aromatic carbocycles. The summed E-state index contributed by atoms with van der Waals surface area (Å²) in [5.74, 6) is 0.907. The van der Waals surface area contributed by atoms with E-state index >= 15 is 0 Å². The number of benzene rings is 1. The zero-order valence-electron chi connectivity index (χ0n) is 10.7. The number of nitrogens with zero attached hydrogens (tertiary/aromatic N) is 2. The Labute approximate surface area is 131 Å². The van der Waals surface area contributed by atoms with Gasteiger partial charge in [0.2, 0.25) is 0 Å². The lowest BCUT2D eigenvalue weighted by molar-refractivity contribution is 0.174. The highest BCUT2D eigenvalue weighted by Gasteiger charge is 2.13. The molecule has 0 radical (unpaired) electrons. The molecule has 0 spiro atoms. The molecule has 1 atom stereocenters. The molecule has 0 amide bonds. The van der Waals surface area contributed by atoms with Crippen molar-refractivity contribution in [3.05, 3.63) is 50.6 Å². The van der Waals surface area contributed by atoms with Crippen molar-refractivity contribution in [3.8, 4) is 0 Å². The van der Waals surface area contributed by atoms with Gasteiger partial charge in [0.1, 0.15) is 5.82 Å². The van der Waals surface area contributed by atoms with Gasteiger partial charge in [-0.25, -0.2) is 4.98 Å². The third-order valence-electron chi connectivity index (χ3n) is 2.97. The highest BCUT2D eigenvalue weighted by atomic mass is 127. The Hall–Kier alpha value is -0.590. The largest absolute Gasteiger partial charge is 0.388 e. The quantitative estimate of drug-likeness (QED) is 0.788. The first kappa shape index (κ1) is 14.8. The third-order valence-corrected chi connectivity index (χ3v) is 4.54. The van der Waals surface area contributed by atoms with E-state index in [9.17, 15) is 5.11 Å². The SMILES string of the molecule is CCCn1ccnc1CC(O)c1ccc(I)c(Cl)c1. The lowest BCUT2D eigenvalue weighted by Gasteiger charge is -2.13. The zero-order valence-corrected chi connectivity index (χ0v) is 13.6. The molecule has 0 aliphatic rings. The van der Waals surface area contributed by atoms with Gasteiger partial charge in [0.15, 0.2) is 0 Å². The molecule has 1 unspecified atom stereocenters. The van der Waals surface area contributed by atoms with Crippen LogP contribution in [-0.4, -0.2) is 14.7 Å². The molecule has 19 heavy (non-hydrogen) atoms. The molecule has 2 rings (SSSR count). The summed E-state index contributed by atoms with van der Waals surface area (Å²) in [4.78, 5) is 4.31. The maximum Gasteiger partial charge on any atom is 0.111 e. The van der Waals surface area contributed by atoms with Crippen molar-refractivity contribution >= 4 is 34.2 Å². The Morgan fingerprint density at radius 1 is 1.47 bits per heavy atom. The maximum atomic E-state index is 10.3. The van der Waals surface area contributed by atoms with Crippen molar-refractivity contribution in [2.75, 3.05) is 0 Å². The van der Waals surface area contributed by atoms with Gasteiger partial charge in [-0.15, -0.1) is 0 Å². The van der Waals surface area contributed by atoms with Gasteiger partial charge in [-0.05, 0) is 46.7 Å². The highest BCUT2D eigenvalue weighted by Crippen LogP contribution is 2.25. The summed E-state index contributed by atoms with van der Waals surface area (Å²) < 4.78 is 3.07. The summed E-state index contributed by atoms with van der Waals surface area (Å²) in [5, 5.41) is 11.0. The van der Waals surface area contributed by atoms with E-state index in [-0.39, 0.29) is 0 Å². The molecule has 0 saturated carbocycles. The van der Waals surface area contributed by atoms with Crippen molar-refractivity contribution < 1.29 is 5.11 Å². The van der Waals surface area contributed by atoms with E-state index in [4.69, 9.17) is 11.6 Å². The molecule has 5 heteroatoms. The molecule has 0 aliphatic heterocycles. The van der Waals surface area contributed by atoms with Crippen molar-refractivity contribution in [3.63, 3.8) is 0 Å². The normalized spacial score (nSPS) is 12.6. The van der Waals surface area contributed by atoms with Gasteiger partial charge in [0.05, 0.1) is 11.1 Å². The summed E-state index contributed by atoms with van der Waals surface area (Å²) in [7, 11) is 0. The number of aliphatic hydroxyl groups is 1. The lowest BCUT2D eigenvalue weighted by Crippen LogP contribution is -2.09. The van der Waals surface area contributed by atoms with E-state index in [0.717, 1.165) is 27.9 Å². The van der Waals surface area contributed by atoms with Gasteiger partial charge in [-0.2, -0.15) is 0 Å². The van der Waals surface area contributed by atoms with Gasteiger partial charge in [0.25, 0.3) is 0 Å². The Bertz CT molecular complexity index is 556. The van der Waals surface area contributed by atoms with Gasteiger partial charge in [0, 0.05) is 28.9 Å². The predicted octanol–water partition coefficient (Wildman–Crippen LogP) is 3.83. The molecular formula is C14H16ClIN2O. The number of rotatable bonds is 5. The fourth-order valence-corrected chi connectivity index (χ4v) is 2.51. The second-order valence-corrected chi connectivity index (χ2v) is 6.00. The lowest BCUT2D eigenvalue weighted by atomic mass is 10.1. The van der Waals surface area contributed by atoms with Crippen LogP contribution >= 0.6 is 34.2 Å². The van der Waals surface area contributed by atoms with Crippen LogP contribution in [0.15, 0.2) is 30.6 Å². The topological polar surface area (TPSA) is 38.0 Å². The second-order valence-electron chi connectivity index (χ2n) is 4.43. The van der Waals surface area contributed by atoms with E-state index in [1.165, 1.54) is 0 Å². The monoisotopic (exact) mass is 390 g/mol. The van der Waals surface area contributed by atoms with Gasteiger partial charge >= 0.3 is 0 Å². The molecule has 1 N–H and O–H groups in total. The molecule has 0 bridgehead atoms. The maximum absolute atomic E-state index is 10.3. The molecule has 1 aromatic heterocycles. The summed E-state index contributed by atoms with van der Waals surface area (Å²) >= 11 is 8.25. The number of aromatic nitrogens is 2. The first-order chi connectivity index (χ1) is 9.11. The van der Waals surface area contributed by atoms with Crippen LogP contribution in [-0.2, 0) is 13.0 Å². The van der Waals surface area contributed by atoms with Crippen LogP contribution in [0.1, 0.15) is 30.8 Å². The molecule has 1 heterocycles. The van der Waals surface area contributed by atoms with Crippen molar-refractivity contribution in [1.29, 1.82) is 0 Å². The van der Waals surface area contributed by atoms with E-state index in [1.54, 1.807) is 6.20 Å². The fraction of sp³-hybridized carbons (Fsp3) is 0.357. The molecule has 0 fully saturated rings. The number of hydrogen-bond acceptors (Lipinski definition) is 2. The minimum absolute atomic E-state index is 0.504. The van der Waals surface area contributed by atoms with Crippen LogP contribution in [0.5, 0.6) is 0 Å². The number of aliphatic hydroxyl groups excluding tert-OH is 1. The summed E-state index contributed by atoms with van der Waals surface area (Å²) in [6.45, 7) is 3.05. The van der Waals surface area contributed by atoms with Crippen LogP contribution in [0.4, 0.5) is 0 Å². The van der Waals surface area contributed by atoms with E-state index < -0.39 is 6.10 Å². The first-order valence-electron chi connectivity index (χ1n) is 6.24. The van der Waals surface area contributed by atoms with Crippen LogP contribution in [0, 0.1) is 3.57 Å². The Morgan fingerprint density at radius 3 is 2.95 bits per heavy atom. The average molecular weight is 391 g/mol. The molecule has 2 aromatic rings. The third kappa shape index (κ3) is 3.70. The standard InChI is InChI=1S/C14H16ClIN2O/c1-2-6-18-7-5-17-14(18)9-13(19)10-3-4-12(16)11(15)8-10/h3-5,7-8,13,19H,2,6,9H2,1H3. The van der Waals surface area contributed by atoms with Crippen LogP contribution < -0.4 is 0 Å².